The Labute approximate surface area is 96.2 Å². The van der Waals surface area contributed by atoms with E-state index in [9.17, 15) is 0 Å². The molecule has 0 spiro atoms. The molecule has 1 saturated carbocycles. The molecule has 1 aliphatic carbocycles. The Morgan fingerprint density at radius 2 is 2.38 bits per heavy atom. The summed E-state index contributed by atoms with van der Waals surface area (Å²) in [6.45, 7) is 2.79. The fourth-order valence-electron chi connectivity index (χ4n) is 1.94. The van der Waals surface area contributed by atoms with E-state index in [0.717, 1.165) is 25.4 Å². The number of rotatable bonds is 7. The van der Waals surface area contributed by atoms with E-state index >= 15 is 0 Å². The lowest BCUT2D eigenvalue weighted by molar-refractivity contribution is 0.171. The van der Waals surface area contributed by atoms with E-state index in [2.05, 4.69) is 15.6 Å². The molecule has 1 N–H and O–H groups in total. The molecule has 0 bridgehead atoms. The van der Waals surface area contributed by atoms with Crippen LogP contribution < -0.4 is 5.32 Å². The van der Waals surface area contributed by atoms with Gasteiger partial charge in [-0.2, -0.15) is 0 Å². The van der Waals surface area contributed by atoms with Gasteiger partial charge in [0.2, 0.25) is 0 Å². The van der Waals surface area contributed by atoms with Gasteiger partial charge in [0.15, 0.2) is 0 Å². The first-order chi connectivity index (χ1) is 7.76. The van der Waals surface area contributed by atoms with Gasteiger partial charge in [-0.25, -0.2) is 0 Å². The van der Waals surface area contributed by atoms with Gasteiger partial charge in [0.05, 0.1) is 11.9 Å². The van der Waals surface area contributed by atoms with Crippen LogP contribution in [0.4, 0.5) is 0 Å². The predicted octanol–water partition coefficient (Wildman–Crippen LogP) is 0.721. The van der Waals surface area contributed by atoms with Crippen LogP contribution in [0.2, 0.25) is 0 Å². The first kappa shape index (κ1) is 11.5. The number of hydrogen-bond acceptors (Lipinski definition) is 4. The third kappa shape index (κ3) is 2.80. The molecule has 5 heteroatoms. The van der Waals surface area contributed by atoms with Gasteiger partial charge in [0.25, 0.3) is 0 Å². The smallest absolute Gasteiger partial charge is 0.0738 e. The van der Waals surface area contributed by atoms with E-state index < -0.39 is 0 Å². The summed E-state index contributed by atoms with van der Waals surface area (Å²) in [6.07, 6.45) is 5.63. The number of ether oxygens (including phenoxy) is 1. The molecule has 1 aromatic rings. The van der Waals surface area contributed by atoms with Crippen molar-refractivity contribution in [2.24, 2.45) is 12.5 Å². The van der Waals surface area contributed by atoms with Crippen molar-refractivity contribution in [1.82, 2.24) is 20.3 Å². The Bertz CT molecular complexity index is 332. The second kappa shape index (κ2) is 4.93. The van der Waals surface area contributed by atoms with Crippen LogP contribution in [-0.2, 0) is 18.3 Å². The minimum absolute atomic E-state index is 0.502. The Hall–Kier alpha value is -0.940. The number of nitrogens with one attached hydrogen (secondary N) is 1. The highest BCUT2D eigenvalue weighted by Crippen LogP contribution is 2.48. The lowest BCUT2D eigenvalue weighted by Gasteiger charge is -2.15. The highest BCUT2D eigenvalue weighted by molar-refractivity contribution is 4.97. The summed E-state index contributed by atoms with van der Waals surface area (Å²) < 4.78 is 6.94. The Morgan fingerprint density at radius 3 is 2.94 bits per heavy atom. The van der Waals surface area contributed by atoms with Crippen molar-refractivity contribution in [3.05, 3.63) is 11.9 Å². The van der Waals surface area contributed by atoms with Crippen LogP contribution in [0.5, 0.6) is 0 Å². The molecule has 0 saturated heterocycles. The van der Waals surface area contributed by atoms with Crippen molar-refractivity contribution in [1.29, 1.82) is 0 Å². The van der Waals surface area contributed by atoms with Gasteiger partial charge < -0.3 is 10.1 Å². The highest BCUT2D eigenvalue weighted by Gasteiger charge is 2.41. The standard InChI is InChI=1S/C11H20N4O/c1-15-10(8-13-14-15)7-12-9-11(3-4-11)5-6-16-2/h8,12H,3-7,9H2,1-2H3. The maximum atomic E-state index is 5.14. The fourth-order valence-corrected chi connectivity index (χ4v) is 1.94. The maximum Gasteiger partial charge on any atom is 0.0738 e. The molecule has 2 rings (SSSR count). The largest absolute Gasteiger partial charge is 0.385 e. The second-order valence-corrected chi connectivity index (χ2v) is 4.70. The maximum absolute atomic E-state index is 5.14. The second-order valence-electron chi connectivity index (χ2n) is 4.70. The van der Waals surface area contributed by atoms with E-state index in [0.29, 0.717) is 5.41 Å². The van der Waals surface area contributed by atoms with Crippen molar-refractivity contribution in [3.63, 3.8) is 0 Å². The third-order valence-corrected chi connectivity index (χ3v) is 3.41. The van der Waals surface area contributed by atoms with E-state index in [1.165, 1.54) is 19.3 Å². The van der Waals surface area contributed by atoms with E-state index in [1.807, 2.05) is 17.9 Å². The van der Waals surface area contributed by atoms with Gasteiger partial charge in [-0.3, -0.25) is 4.68 Å². The Balaban J connectivity index is 1.70. The molecule has 1 aromatic heterocycles. The van der Waals surface area contributed by atoms with E-state index in [1.54, 1.807) is 7.11 Å². The molecule has 0 atom stereocenters. The minimum atomic E-state index is 0.502. The van der Waals surface area contributed by atoms with Gasteiger partial charge in [-0.1, -0.05) is 5.21 Å². The van der Waals surface area contributed by atoms with Crippen LogP contribution in [0, 0.1) is 5.41 Å². The zero-order valence-electron chi connectivity index (χ0n) is 10.1. The molecule has 0 amide bonds. The van der Waals surface area contributed by atoms with Crippen LogP contribution in [0.25, 0.3) is 0 Å². The zero-order chi connectivity index (χ0) is 11.4. The average Bonchev–Trinajstić information content (AvgIpc) is 2.94. The topological polar surface area (TPSA) is 52.0 Å². The normalized spacial score (nSPS) is 17.6. The van der Waals surface area contributed by atoms with Gasteiger partial charge in [0.1, 0.15) is 0 Å². The predicted molar refractivity (Wildman–Crippen MR) is 60.9 cm³/mol. The molecule has 16 heavy (non-hydrogen) atoms. The van der Waals surface area contributed by atoms with E-state index in [-0.39, 0.29) is 0 Å². The quantitative estimate of drug-likeness (QED) is 0.741. The molecule has 90 valence electrons. The van der Waals surface area contributed by atoms with Crippen molar-refractivity contribution >= 4 is 0 Å². The molecule has 1 fully saturated rings. The van der Waals surface area contributed by atoms with Crippen molar-refractivity contribution in [3.8, 4) is 0 Å². The van der Waals surface area contributed by atoms with Gasteiger partial charge >= 0.3 is 0 Å². The summed E-state index contributed by atoms with van der Waals surface area (Å²) >= 11 is 0. The summed E-state index contributed by atoms with van der Waals surface area (Å²) in [5.74, 6) is 0. The van der Waals surface area contributed by atoms with Crippen molar-refractivity contribution < 1.29 is 4.74 Å². The monoisotopic (exact) mass is 224 g/mol. The third-order valence-electron chi connectivity index (χ3n) is 3.41. The van der Waals surface area contributed by atoms with Crippen molar-refractivity contribution in [2.45, 2.75) is 25.8 Å². The molecule has 1 heterocycles. The van der Waals surface area contributed by atoms with Crippen LogP contribution in [0.3, 0.4) is 0 Å². The minimum Gasteiger partial charge on any atom is -0.385 e. The number of methoxy groups -OCH3 is 1. The van der Waals surface area contributed by atoms with Crippen LogP contribution >= 0.6 is 0 Å². The van der Waals surface area contributed by atoms with Gasteiger partial charge in [-0.15, -0.1) is 5.10 Å². The summed E-state index contributed by atoms with van der Waals surface area (Å²) in [5.41, 5.74) is 1.63. The molecular formula is C11H20N4O. The number of aryl methyl sites for hydroxylation is 1. The summed E-state index contributed by atoms with van der Waals surface area (Å²) in [5, 5.41) is 11.2. The number of nitrogens with zero attached hydrogens (tertiary/aromatic N) is 3. The van der Waals surface area contributed by atoms with Crippen LogP contribution in [0.1, 0.15) is 25.0 Å². The van der Waals surface area contributed by atoms with Crippen LogP contribution in [0.15, 0.2) is 6.20 Å². The van der Waals surface area contributed by atoms with E-state index in [4.69, 9.17) is 4.74 Å². The molecule has 0 radical (unpaired) electrons. The molecule has 5 nitrogen and oxygen atoms in total. The molecule has 0 unspecified atom stereocenters. The molecule has 1 aliphatic rings. The van der Waals surface area contributed by atoms with Gasteiger partial charge in [-0.05, 0) is 24.7 Å². The summed E-state index contributed by atoms with van der Waals surface area (Å²) in [6, 6.07) is 0. The van der Waals surface area contributed by atoms with Gasteiger partial charge in [0, 0.05) is 33.9 Å². The Morgan fingerprint density at radius 1 is 1.56 bits per heavy atom. The highest BCUT2D eigenvalue weighted by atomic mass is 16.5. The summed E-state index contributed by atoms with van der Waals surface area (Å²) in [4.78, 5) is 0. The lowest BCUT2D eigenvalue weighted by atomic mass is 10.0. The number of aromatic nitrogens is 3. The summed E-state index contributed by atoms with van der Waals surface area (Å²) in [7, 11) is 3.69. The Kier molecular flexibility index (Phi) is 3.56. The van der Waals surface area contributed by atoms with Crippen molar-refractivity contribution in [2.75, 3.05) is 20.3 Å². The average molecular weight is 224 g/mol. The number of hydrogen-bond donors (Lipinski definition) is 1. The lowest BCUT2D eigenvalue weighted by Crippen LogP contribution is -2.25. The van der Waals surface area contributed by atoms with Crippen LogP contribution in [-0.4, -0.2) is 35.3 Å². The first-order valence-electron chi connectivity index (χ1n) is 5.79. The first-order valence-corrected chi connectivity index (χ1v) is 5.79. The molecular weight excluding hydrogens is 204 g/mol. The molecule has 0 aliphatic heterocycles. The fraction of sp³-hybridized carbons (Fsp3) is 0.818. The molecule has 0 aromatic carbocycles. The zero-order valence-corrected chi connectivity index (χ0v) is 10.1. The SMILES string of the molecule is COCCC1(CNCc2cnnn2C)CC1.